The Kier molecular flexibility index (Phi) is 5.91. The van der Waals surface area contributed by atoms with Crippen molar-refractivity contribution in [2.24, 2.45) is 0 Å². The van der Waals surface area contributed by atoms with E-state index in [1.807, 2.05) is 0 Å². The zero-order valence-corrected chi connectivity index (χ0v) is 14.6. The number of nitrogens with one attached hydrogen (secondary N) is 1. The third-order valence-corrected chi connectivity index (χ3v) is 4.71. The molecule has 140 valence electrons. The normalized spacial score (nSPS) is 11.8. The van der Waals surface area contributed by atoms with Crippen molar-refractivity contribution < 1.29 is 26.4 Å². The maximum Gasteiger partial charge on any atom is 0.416 e. The Morgan fingerprint density at radius 2 is 1.62 bits per heavy atom. The third-order valence-electron chi connectivity index (χ3n) is 3.52. The first-order valence-corrected chi connectivity index (χ1v) is 9.42. The highest BCUT2D eigenvalue weighted by Crippen LogP contribution is 2.29. The number of carbonyl (C=O) groups is 1. The highest BCUT2D eigenvalue weighted by molar-refractivity contribution is 7.92. The number of hydrogen-bond acceptors (Lipinski definition) is 3. The van der Waals surface area contributed by atoms with Crippen LogP contribution in [-0.2, 0) is 16.2 Å². The SMILES string of the molecule is CS(=O)(=O)N(CCNC(=O)c1ccc(C(F)(F)F)cc1)c1ccccc1. The lowest BCUT2D eigenvalue weighted by molar-refractivity contribution is -0.137. The van der Waals surface area contributed by atoms with Crippen molar-refractivity contribution in [3.8, 4) is 0 Å². The van der Waals surface area contributed by atoms with Gasteiger partial charge in [0.15, 0.2) is 0 Å². The van der Waals surface area contributed by atoms with Crippen molar-refractivity contribution in [3.63, 3.8) is 0 Å². The number of carbonyl (C=O) groups excluding carboxylic acids is 1. The van der Waals surface area contributed by atoms with Gasteiger partial charge in [-0.3, -0.25) is 9.10 Å². The molecule has 0 aliphatic heterocycles. The number of anilines is 1. The summed E-state index contributed by atoms with van der Waals surface area (Å²) >= 11 is 0. The Bertz CT molecular complexity index is 851. The van der Waals surface area contributed by atoms with Gasteiger partial charge in [-0.15, -0.1) is 0 Å². The Hall–Kier alpha value is -2.55. The van der Waals surface area contributed by atoms with E-state index >= 15 is 0 Å². The maximum atomic E-state index is 12.5. The molecule has 9 heteroatoms. The van der Waals surface area contributed by atoms with Crippen LogP contribution in [-0.4, -0.2) is 33.7 Å². The van der Waals surface area contributed by atoms with Gasteiger partial charge in [0.25, 0.3) is 5.91 Å². The number of halogens is 3. The molecule has 26 heavy (non-hydrogen) atoms. The lowest BCUT2D eigenvalue weighted by Gasteiger charge is -2.22. The largest absolute Gasteiger partial charge is 0.416 e. The lowest BCUT2D eigenvalue weighted by atomic mass is 10.1. The quantitative estimate of drug-likeness (QED) is 0.830. The minimum absolute atomic E-state index is 0.00181. The summed E-state index contributed by atoms with van der Waals surface area (Å²) in [4.78, 5) is 12.0. The van der Waals surface area contributed by atoms with Gasteiger partial charge in [-0.1, -0.05) is 18.2 Å². The maximum absolute atomic E-state index is 12.5. The molecule has 0 unspecified atom stereocenters. The number of benzene rings is 2. The second kappa shape index (κ2) is 7.77. The summed E-state index contributed by atoms with van der Waals surface area (Å²) in [6, 6.07) is 12.2. The number of amides is 1. The lowest BCUT2D eigenvalue weighted by Crippen LogP contribution is -2.38. The standard InChI is InChI=1S/C17H17F3N2O3S/c1-26(24,25)22(15-5-3-2-4-6-15)12-11-21-16(23)13-7-9-14(10-8-13)17(18,19)20/h2-10H,11-12H2,1H3,(H,21,23). The molecule has 0 heterocycles. The van der Waals surface area contributed by atoms with Crippen molar-refractivity contribution in [1.82, 2.24) is 5.32 Å². The molecule has 0 aliphatic carbocycles. The Labute approximate surface area is 149 Å². The molecule has 2 rings (SSSR count). The molecule has 0 bridgehead atoms. The Morgan fingerprint density at radius 3 is 2.12 bits per heavy atom. The molecule has 0 fully saturated rings. The van der Waals surface area contributed by atoms with Crippen molar-refractivity contribution in [3.05, 3.63) is 65.7 Å². The number of sulfonamides is 1. The fraction of sp³-hybridized carbons (Fsp3) is 0.235. The molecule has 0 saturated carbocycles. The molecule has 1 amide bonds. The Morgan fingerprint density at radius 1 is 1.04 bits per heavy atom. The second-order valence-electron chi connectivity index (χ2n) is 5.50. The van der Waals surface area contributed by atoms with Crippen LogP contribution in [0.25, 0.3) is 0 Å². The fourth-order valence-electron chi connectivity index (χ4n) is 2.26. The van der Waals surface area contributed by atoms with E-state index in [-0.39, 0.29) is 18.7 Å². The summed E-state index contributed by atoms with van der Waals surface area (Å²) < 4.78 is 62.5. The number of alkyl halides is 3. The van der Waals surface area contributed by atoms with Crippen molar-refractivity contribution in [2.75, 3.05) is 23.7 Å². The molecule has 0 radical (unpaired) electrons. The smallest absolute Gasteiger partial charge is 0.350 e. The molecule has 2 aromatic carbocycles. The van der Waals surface area contributed by atoms with Crippen LogP contribution in [0, 0.1) is 0 Å². The van der Waals surface area contributed by atoms with Gasteiger partial charge in [0, 0.05) is 12.1 Å². The Balaban J connectivity index is 2.00. The van der Waals surface area contributed by atoms with Crippen LogP contribution < -0.4 is 9.62 Å². The zero-order valence-electron chi connectivity index (χ0n) is 13.8. The summed E-state index contributed by atoms with van der Waals surface area (Å²) in [5.74, 6) is -0.583. The van der Waals surface area contributed by atoms with Crippen LogP contribution in [0.1, 0.15) is 15.9 Å². The summed E-state index contributed by atoms with van der Waals surface area (Å²) in [7, 11) is -3.55. The average Bonchev–Trinajstić information content (AvgIpc) is 2.57. The number of para-hydroxylation sites is 1. The van der Waals surface area contributed by atoms with Crippen LogP contribution in [0.3, 0.4) is 0 Å². The predicted molar refractivity (Wildman–Crippen MR) is 92.4 cm³/mol. The van der Waals surface area contributed by atoms with Crippen molar-refractivity contribution in [1.29, 1.82) is 0 Å². The number of nitrogens with zero attached hydrogens (tertiary/aromatic N) is 1. The topological polar surface area (TPSA) is 66.5 Å². The minimum atomic E-state index is -4.47. The van der Waals surface area contributed by atoms with Crippen LogP contribution in [0.15, 0.2) is 54.6 Å². The molecule has 2 aromatic rings. The van der Waals surface area contributed by atoms with E-state index in [0.29, 0.717) is 5.69 Å². The van der Waals surface area contributed by atoms with Crippen molar-refractivity contribution >= 4 is 21.6 Å². The summed E-state index contributed by atoms with van der Waals surface area (Å²) in [6.45, 7) is -0.00294. The van der Waals surface area contributed by atoms with E-state index in [4.69, 9.17) is 0 Å². The molecular weight excluding hydrogens is 369 g/mol. The van der Waals surface area contributed by atoms with Crippen LogP contribution in [0.2, 0.25) is 0 Å². The number of hydrogen-bond donors (Lipinski definition) is 1. The molecular formula is C17H17F3N2O3S. The molecule has 0 spiro atoms. The highest BCUT2D eigenvalue weighted by atomic mass is 32.2. The first kappa shape index (κ1) is 19.8. The summed E-state index contributed by atoms with van der Waals surface area (Å²) in [5.41, 5.74) is -0.330. The number of rotatable bonds is 6. The van der Waals surface area contributed by atoms with Gasteiger partial charge in [-0.05, 0) is 36.4 Å². The summed E-state index contributed by atoms with van der Waals surface area (Å²) in [5, 5.41) is 2.50. The molecule has 1 N–H and O–H groups in total. The highest BCUT2D eigenvalue weighted by Gasteiger charge is 2.30. The average molecular weight is 386 g/mol. The predicted octanol–water partition coefficient (Wildman–Crippen LogP) is 2.90. The van der Waals surface area contributed by atoms with E-state index in [1.165, 1.54) is 0 Å². The van der Waals surface area contributed by atoms with Gasteiger partial charge in [-0.25, -0.2) is 8.42 Å². The second-order valence-corrected chi connectivity index (χ2v) is 7.41. The first-order chi connectivity index (χ1) is 12.1. The molecule has 0 aliphatic rings. The fourth-order valence-corrected chi connectivity index (χ4v) is 3.19. The van der Waals surface area contributed by atoms with Gasteiger partial charge in [0.2, 0.25) is 10.0 Å². The van der Waals surface area contributed by atoms with E-state index in [1.54, 1.807) is 30.3 Å². The van der Waals surface area contributed by atoms with Gasteiger partial charge < -0.3 is 5.32 Å². The third kappa shape index (κ3) is 5.22. The molecule has 5 nitrogen and oxygen atoms in total. The van der Waals surface area contributed by atoms with Crippen LogP contribution >= 0.6 is 0 Å². The minimum Gasteiger partial charge on any atom is -0.350 e. The zero-order chi connectivity index (χ0) is 19.4. The van der Waals surface area contributed by atoms with Crippen LogP contribution in [0.5, 0.6) is 0 Å². The van der Waals surface area contributed by atoms with E-state index < -0.39 is 27.7 Å². The van der Waals surface area contributed by atoms with E-state index in [0.717, 1.165) is 34.8 Å². The molecule has 0 atom stereocenters. The monoisotopic (exact) mass is 386 g/mol. The molecule has 0 saturated heterocycles. The van der Waals surface area contributed by atoms with E-state index in [9.17, 15) is 26.4 Å². The van der Waals surface area contributed by atoms with Crippen molar-refractivity contribution in [2.45, 2.75) is 6.18 Å². The summed E-state index contributed by atoms with van der Waals surface area (Å²) in [6.07, 6.45) is -3.42. The van der Waals surface area contributed by atoms with Gasteiger partial charge in [0.1, 0.15) is 0 Å². The van der Waals surface area contributed by atoms with Gasteiger partial charge in [0.05, 0.1) is 24.1 Å². The van der Waals surface area contributed by atoms with E-state index in [2.05, 4.69) is 5.32 Å². The van der Waals surface area contributed by atoms with Crippen LogP contribution in [0.4, 0.5) is 18.9 Å². The van der Waals surface area contributed by atoms with Gasteiger partial charge >= 0.3 is 6.18 Å². The van der Waals surface area contributed by atoms with Gasteiger partial charge in [-0.2, -0.15) is 13.2 Å². The molecule has 0 aromatic heterocycles. The first-order valence-electron chi connectivity index (χ1n) is 7.57.